The first kappa shape index (κ1) is 7.33. The van der Waals surface area contributed by atoms with Crippen molar-refractivity contribution < 1.29 is 4.79 Å². The molecule has 3 fully saturated rings. The van der Waals surface area contributed by atoms with Gasteiger partial charge in [-0.1, -0.05) is 13.8 Å². The Balaban J connectivity index is 2.16. The van der Waals surface area contributed by atoms with Gasteiger partial charge in [0.05, 0.1) is 0 Å². The van der Waals surface area contributed by atoms with Gasteiger partial charge in [-0.15, -0.1) is 0 Å². The monoisotopic (exact) mass is 152 g/mol. The minimum absolute atomic E-state index is 0.384. The molecule has 0 spiro atoms. The van der Waals surface area contributed by atoms with Gasteiger partial charge in [-0.2, -0.15) is 0 Å². The number of fused-ring (bicyclic) bond motifs is 2. The largest absolute Gasteiger partial charge is 0.303 e. The quantitative estimate of drug-likeness (QED) is 0.527. The first-order chi connectivity index (χ1) is 5.16. The normalized spacial score (nSPS) is 46.2. The van der Waals surface area contributed by atoms with Crippen molar-refractivity contribution in [2.24, 2.45) is 23.2 Å². The summed E-state index contributed by atoms with van der Waals surface area (Å²) in [4.78, 5) is 10.7. The summed E-state index contributed by atoms with van der Waals surface area (Å²) in [6, 6.07) is 0. The molecule has 3 aliphatic rings. The molecule has 0 amide bonds. The van der Waals surface area contributed by atoms with E-state index in [1.165, 1.54) is 19.1 Å². The second-order valence-electron chi connectivity index (χ2n) is 4.74. The predicted octanol–water partition coefficient (Wildman–Crippen LogP) is 2.26. The molecule has 1 heteroatoms. The van der Waals surface area contributed by atoms with E-state index in [-0.39, 0.29) is 0 Å². The van der Waals surface area contributed by atoms with E-state index in [0.29, 0.717) is 17.3 Å². The Kier molecular flexibility index (Phi) is 1.39. The fraction of sp³-hybridized carbons (Fsp3) is 0.900. The van der Waals surface area contributed by atoms with Crippen molar-refractivity contribution in [1.29, 1.82) is 0 Å². The summed E-state index contributed by atoms with van der Waals surface area (Å²) in [6.07, 6.45) is 4.94. The standard InChI is InChI=1S/C10H16O/c1-10(2)8-4-3-7(6-11)9(10)5-8/h6-9H,3-5H2,1-2H3/t7-,8-,9-/m0/s1. The van der Waals surface area contributed by atoms with Gasteiger partial charge in [0.1, 0.15) is 6.29 Å². The number of aldehydes is 1. The summed E-state index contributed by atoms with van der Waals surface area (Å²) < 4.78 is 0. The summed E-state index contributed by atoms with van der Waals surface area (Å²) >= 11 is 0. The van der Waals surface area contributed by atoms with Crippen molar-refractivity contribution in [1.82, 2.24) is 0 Å². The van der Waals surface area contributed by atoms with Crippen LogP contribution in [0.1, 0.15) is 33.1 Å². The van der Waals surface area contributed by atoms with Crippen LogP contribution >= 0.6 is 0 Å². The molecule has 0 N–H and O–H groups in total. The molecular weight excluding hydrogens is 136 g/mol. The number of hydrogen-bond acceptors (Lipinski definition) is 1. The van der Waals surface area contributed by atoms with E-state index in [1.54, 1.807) is 0 Å². The summed E-state index contributed by atoms with van der Waals surface area (Å²) in [6.45, 7) is 4.64. The fourth-order valence-electron chi connectivity index (χ4n) is 3.03. The van der Waals surface area contributed by atoms with Crippen LogP contribution in [-0.4, -0.2) is 6.29 Å². The molecule has 0 aromatic heterocycles. The minimum atomic E-state index is 0.384. The third-order valence-corrected chi connectivity index (χ3v) is 4.09. The topological polar surface area (TPSA) is 17.1 Å². The van der Waals surface area contributed by atoms with Gasteiger partial charge in [-0.05, 0) is 36.5 Å². The lowest BCUT2D eigenvalue weighted by molar-refractivity contribution is -0.134. The molecule has 3 aliphatic carbocycles. The van der Waals surface area contributed by atoms with Crippen molar-refractivity contribution in [3.05, 3.63) is 0 Å². The lowest BCUT2D eigenvalue weighted by Crippen LogP contribution is -2.52. The van der Waals surface area contributed by atoms with Crippen LogP contribution in [0.3, 0.4) is 0 Å². The van der Waals surface area contributed by atoms with Gasteiger partial charge in [0, 0.05) is 5.92 Å². The highest BCUT2D eigenvalue weighted by Gasteiger charge is 2.53. The average Bonchev–Trinajstić information content (AvgIpc) is 2.04. The Hall–Kier alpha value is -0.330. The number of carbonyl (C=O) groups is 1. The van der Waals surface area contributed by atoms with Gasteiger partial charge in [0.15, 0.2) is 0 Å². The molecule has 3 rings (SSSR count). The molecule has 11 heavy (non-hydrogen) atoms. The van der Waals surface area contributed by atoms with E-state index in [4.69, 9.17) is 0 Å². The zero-order valence-electron chi connectivity index (χ0n) is 7.34. The maximum absolute atomic E-state index is 10.7. The molecule has 0 aromatic carbocycles. The van der Waals surface area contributed by atoms with E-state index in [9.17, 15) is 4.79 Å². The number of hydrogen-bond donors (Lipinski definition) is 0. The van der Waals surface area contributed by atoms with Crippen LogP contribution in [0.2, 0.25) is 0 Å². The zero-order chi connectivity index (χ0) is 8.06. The van der Waals surface area contributed by atoms with Crippen LogP contribution in [0.5, 0.6) is 0 Å². The van der Waals surface area contributed by atoms with Crippen LogP contribution in [0.25, 0.3) is 0 Å². The smallest absolute Gasteiger partial charge is 0.123 e. The summed E-state index contributed by atoms with van der Waals surface area (Å²) in [5.41, 5.74) is 0.476. The van der Waals surface area contributed by atoms with Crippen molar-refractivity contribution in [2.45, 2.75) is 33.1 Å². The highest BCUT2D eigenvalue weighted by Crippen LogP contribution is 2.60. The Morgan fingerprint density at radius 3 is 2.45 bits per heavy atom. The van der Waals surface area contributed by atoms with Gasteiger partial charge < -0.3 is 4.79 Å². The second-order valence-corrected chi connectivity index (χ2v) is 4.74. The van der Waals surface area contributed by atoms with Crippen LogP contribution < -0.4 is 0 Å². The van der Waals surface area contributed by atoms with E-state index in [2.05, 4.69) is 13.8 Å². The van der Waals surface area contributed by atoms with Gasteiger partial charge >= 0.3 is 0 Å². The van der Waals surface area contributed by atoms with E-state index >= 15 is 0 Å². The second kappa shape index (κ2) is 2.09. The van der Waals surface area contributed by atoms with Gasteiger partial charge in [0.2, 0.25) is 0 Å². The van der Waals surface area contributed by atoms with Gasteiger partial charge in [-0.25, -0.2) is 0 Å². The minimum Gasteiger partial charge on any atom is -0.303 e. The molecule has 3 atom stereocenters. The molecule has 1 nitrogen and oxygen atoms in total. The lowest BCUT2D eigenvalue weighted by atomic mass is 9.46. The maximum Gasteiger partial charge on any atom is 0.123 e. The summed E-state index contributed by atoms with van der Waals surface area (Å²) in [5, 5.41) is 0. The van der Waals surface area contributed by atoms with Crippen LogP contribution in [-0.2, 0) is 4.79 Å². The molecule has 0 unspecified atom stereocenters. The number of carbonyl (C=O) groups excluding carboxylic acids is 1. The molecule has 0 aliphatic heterocycles. The Bertz CT molecular complexity index is 181. The summed E-state index contributed by atoms with van der Waals surface area (Å²) in [5.74, 6) is 2.01. The molecule has 3 saturated carbocycles. The average molecular weight is 152 g/mol. The molecule has 0 aromatic rings. The summed E-state index contributed by atoms with van der Waals surface area (Å²) in [7, 11) is 0. The fourth-order valence-corrected chi connectivity index (χ4v) is 3.03. The van der Waals surface area contributed by atoms with Crippen LogP contribution in [0.15, 0.2) is 0 Å². The van der Waals surface area contributed by atoms with Gasteiger partial charge in [-0.3, -0.25) is 0 Å². The van der Waals surface area contributed by atoms with Crippen molar-refractivity contribution in [2.75, 3.05) is 0 Å². The Morgan fingerprint density at radius 1 is 1.36 bits per heavy atom. The van der Waals surface area contributed by atoms with Gasteiger partial charge in [0.25, 0.3) is 0 Å². The number of rotatable bonds is 1. The molecule has 62 valence electrons. The lowest BCUT2D eigenvalue weighted by Gasteiger charge is -2.59. The van der Waals surface area contributed by atoms with Crippen molar-refractivity contribution in [3.8, 4) is 0 Å². The first-order valence-electron chi connectivity index (χ1n) is 4.61. The van der Waals surface area contributed by atoms with Crippen molar-refractivity contribution in [3.63, 3.8) is 0 Å². The van der Waals surface area contributed by atoms with E-state index < -0.39 is 0 Å². The SMILES string of the molecule is CC1(C)[C@H]2CC[C@@H](C=O)[C@@H]1C2. The highest BCUT2D eigenvalue weighted by molar-refractivity contribution is 5.55. The molecular formula is C10H16O. The van der Waals surface area contributed by atoms with Crippen LogP contribution in [0.4, 0.5) is 0 Å². The predicted molar refractivity (Wildman–Crippen MR) is 44.2 cm³/mol. The molecule has 0 radical (unpaired) electrons. The van der Waals surface area contributed by atoms with E-state index in [1.807, 2.05) is 0 Å². The Morgan fingerprint density at radius 2 is 2.09 bits per heavy atom. The Labute approximate surface area is 68.2 Å². The van der Waals surface area contributed by atoms with E-state index in [0.717, 1.165) is 12.3 Å². The molecule has 0 heterocycles. The molecule has 2 bridgehead atoms. The van der Waals surface area contributed by atoms with Crippen LogP contribution in [0, 0.1) is 23.2 Å². The molecule has 0 saturated heterocycles. The maximum atomic E-state index is 10.7. The third-order valence-electron chi connectivity index (χ3n) is 4.09. The highest BCUT2D eigenvalue weighted by atomic mass is 16.1. The third kappa shape index (κ3) is 0.800. The first-order valence-corrected chi connectivity index (χ1v) is 4.61. The zero-order valence-corrected chi connectivity index (χ0v) is 7.34. The van der Waals surface area contributed by atoms with Crippen molar-refractivity contribution >= 4 is 6.29 Å².